The molecule has 3 heteroatoms. The molecule has 0 radical (unpaired) electrons. The Morgan fingerprint density at radius 3 is 2.73 bits per heavy atom. The summed E-state index contributed by atoms with van der Waals surface area (Å²) in [4.78, 5) is 10.7. The van der Waals surface area contributed by atoms with Crippen molar-refractivity contribution in [3.8, 4) is 0 Å². The van der Waals surface area contributed by atoms with Gasteiger partial charge in [0.2, 0.25) is 0 Å². The second-order valence-electron chi connectivity index (χ2n) is 2.32. The van der Waals surface area contributed by atoms with Crippen molar-refractivity contribution in [1.29, 1.82) is 0 Å². The second kappa shape index (κ2) is 3.09. The molecule has 0 saturated carbocycles. The zero-order valence-corrected chi connectivity index (χ0v) is 7.23. The maximum atomic E-state index is 10.7. The molecule has 0 aliphatic rings. The van der Waals surface area contributed by atoms with Crippen LogP contribution in [0, 0.1) is 6.92 Å². The number of hydrogen-bond donors (Lipinski definition) is 0. The van der Waals surface area contributed by atoms with Crippen LogP contribution in [0.25, 0.3) is 0 Å². The van der Waals surface area contributed by atoms with Crippen LogP contribution in [0.2, 0.25) is 0 Å². The van der Waals surface area contributed by atoms with Crippen molar-refractivity contribution in [2.75, 3.05) is 0 Å². The lowest BCUT2D eigenvalue weighted by Gasteiger charge is -1.90. The van der Waals surface area contributed by atoms with E-state index in [0.29, 0.717) is 17.7 Å². The summed E-state index contributed by atoms with van der Waals surface area (Å²) < 4.78 is 5.22. The highest BCUT2D eigenvalue weighted by Crippen LogP contribution is 2.17. The fourth-order valence-corrected chi connectivity index (χ4v) is 1.15. The summed E-state index contributed by atoms with van der Waals surface area (Å²) in [5.74, 6) is 1.40. The van der Waals surface area contributed by atoms with Crippen LogP contribution in [0.5, 0.6) is 0 Å². The second-order valence-corrected chi connectivity index (χ2v) is 2.66. The summed E-state index contributed by atoms with van der Waals surface area (Å²) >= 11 is 5.30. The highest BCUT2D eigenvalue weighted by molar-refractivity contribution is 6.67. The van der Waals surface area contributed by atoms with Crippen LogP contribution in [0.15, 0.2) is 10.5 Å². The molecule has 11 heavy (non-hydrogen) atoms. The molecule has 0 aromatic carbocycles. The fourth-order valence-electron chi connectivity index (χ4n) is 0.991. The molecular weight excluding hydrogens is 164 g/mol. The first-order valence-electron chi connectivity index (χ1n) is 3.44. The van der Waals surface area contributed by atoms with Gasteiger partial charge in [-0.05, 0) is 24.6 Å². The molecule has 0 saturated heterocycles. The van der Waals surface area contributed by atoms with Crippen LogP contribution >= 0.6 is 11.6 Å². The maximum Gasteiger partial charge on any atom is 0.255 e. The van der Waals surface area contributed by atoms with Crippen LogP contribution in [0.3, 0.4) is 0 Å². The first kappa shape index (κ1) is 8.34. The topological polar surface area (TPSA) is 30.2 Å². The van der Waals surface area contributed by atoms with Gasteiger partial charge in [-0.25, -0.2) is 0 Å². The first-order valence-corrected chi connectivity index (χ1v) is 3.82. The Balaban J connectivity index is 3.12. The lowest BCUT2D eigenvalue weighted by molar-refractivity contribution is 0.107. The molecule has 1 aromatic rings. The minimum atomic E-state index is -0.446. The summed E-state index contributed by atoms with van der Waals surface area (Å²) in [6, 6.07) is 1.66. The molecule has 0 atom stereocenters. The average Bonchev–Trinajstić information content (AvgIpc) is 2.30. The minimum Gasteiger partial charge on any atom is -0.466 e. The van der Waals surface area contributed by atoms with Crippen molar-refractivity contribution in [3.63, 3.8) is 0 Å². The molecule has 0 amide bonds. The van der Waals surface area contributed by atoms with Gasteiger partial charge in [-0.3, -0.25) is 4.79 Å². The Kier molecular flexibility index (Phi) is 2.35. The molecule has 0 aliphatic carbocycles. The van der Waals surface area contributed by atoms with E-state index in [1.807, 2.05) is 6.92 Å². The number of hydrogen-bond acceptors (Lipinski definition) is 2. The molecule has 0 bridgehead atoms. The maximum absolute atomic E-state index is 10.7. The standard InChI is InChI=1S/C8H9ClO2/c1-3-7-6(8(9)10)4-5(2)11-7/h4H,3H2,1-2H3. The summed E-state index contributed by atoms with van der Waals surface area (Å²) in [6.07, 6.45) is 0.696. The highest BCUT2D eigenvalue weighted by Gasteiger charge is 2.12. The SMILES string of the molecule is CCc1oc(C)cc1C(=O)Cl. The summed E-state index contributed by atoms with van der Waals surface area (Å²) in [5.41, 5.74) is 0.492. The van der Waals surface area contributed by atoms with E-state index >= 15 is 0 Å². The van der Waals surface area contributed by atoms with Gasteiger partial charge < -0.3 is 4.42 Å². The zero-order chi connectivity index (χ0) is 8.43. The third kappa shape index (κ3) is 1.63. The van der Waals surface area contributed by atoms with E-state index < -0.39 is 5.24 Å². The van der Waals surface area contributed by atoms with Gasteiger partial charge in [0.15, 0.2) is 0 Å². The van der Waals surface area contributed by atoms with E-state index in [2.05, 4.69) is 0 Å². The lowest BCUT2D eigenvalue weighted by Crippen LogP contribution is -1.90. The van der Waals surface area contributed by atoms with Crippen molar-refractivity contribution in [1.82, 2.24) is 0 Å². The molecule has 60 valence electrons. The van der Waals surface area contributed by atoms with Gasteiger partial charge in [0.25, 0.3) is 5.24 Å². The largest absolute Gasteiger partial charge is 0.466 e. The number of furan rings is 1. The van der Waals surface area contributed by atoms with Gasteiger partial charge in [0.1, 0.15) is 11.5 Å². The molecule has 0 aliphatic heterocycles. The van der Waals surface area contributed by atoms with E-state index in [0.717, 1.165) is 5.76 Å². The first-order chi connectivity index (χ1) is 5.15. The molecule has 0 unspecified atom stereocenters. The Morgan fingerprint density at radius 2 is 2.36 bits per heavy atom. The molecule has 1 aromatic heterocycles. The van der Waals surface area contributed by atoms with E-state index in [9.17, 15) is 4.79 Å². The molecule has 1 heterocycles. The van der Waals surface area contributed by atoms with Crippen LogP contribution in [0.1, 0.15) is 28.8 Å². The Bertz CT molecular complexity index is 276. The van der Waals surface area contributed by atoms with Gasteiger partial charge in [-0.2, -0.15) is 0 Å². The number of carbonyl (C=O) groups is 1. The average molecular weight is 173 g/mol. The third-order valence-electron chi connectivity index (χ3n) is 1.47. The monoisotopic (exact) mass is 172 g/mol. The van der Waals surface area contributed by atoms with Gasteiger partial charge in [-0.15, -0.1) is 0 Å². The smallest absolute Gasteiger partial charge is 0.255 e. The molecule has 0 fully saturated rings. The van der Waals surface area contributed by atoms with Crippen molar-refractivity contribution in [3.05, 3.63) is 23.2 Å². The fraction of sp³-hybridized carbons (Fsp3) is 0.375. The number of carbonyl (C=O) groups excluding carboxylic acids is 1. The molecule has 1 rings (SSSR count). The lowest BCUT2D eigenvalue weighted by atomic mass is 10.2. The van der Waals surface area contributed by atoms with Crippen molar-refractivity contribution in [2.24, 2.45) is 0 Å². The zero-order valence-electron chi connectivity index (χ0n) is 6.48. The Labute approximate surface area is 70.2 Å². The molecular formula is C8H9ClO2. The minimum absolute atomic E-state index is 0.446. The predicted octanol–water partition coefficient (Wildman–Crippen LogP) is 2.53. The van der Waals surface area contributed by atoms with Gasteiger partial charge in [-0.1, -0.05) is 6.92 Å². The van der Waals surface area contributed by atoms with Gasteiger partial charge >= 0.3 is 0 Å². The highest BCUT2D eigenvalue weighted by atomic mass is 35.5. The molecule has 0 N–H and O–H groups in total. The third-order valence-corrected chi connectivity index (χ3v) is 1.67. The van der Waals surface area contributed by atoms with Crippen molar-refractivity contribution in [2.45, 2.75) is 20.3 Å². The van der Waals surface area contributed by atoms with Gasteiger partial charge in [0, 0.05) is 6.42 Å². The van der Waals surface area contributed by atoms with Gasteiger partial charge in [0.05, 0.1) is 5.56 Å². The van der Waals surface area contributed by atoms with Crippen LogP contribution < -0.4 is 0 Å². The van der Waals surface area contributed by atoms with E-state index in [1.54, 1.807) is 13.0 Å². The summed E-state index contributed by atoms with van der Waals surface area (Å²) in [6.45, 7) is 3.71. The predicted molar refractivity (Wildman–Crippen MR) is 43.0 cm³/mol. The van der Waals surface area contributed by atoms with Crippen molar-refractivity contribution < 1.29 is 9.21 Å². The summed E-state index contributed by atoms with van der Waals surface area (Å²) in [7, 11) is 0. The van der Waals surface area contributed by atoms with Crippen LogP contribution in [-0.2, 0) is 6.42 Å². The Morgan fingerprint density at radius 1 is 1.73 bits per heavy atom. The quantitative estimate of drug-likeness (QED) is 0.642. The Hall–Kier alpha value is -0.760. The van der Waals surface area contributed by atoms with E-state index in [1.165, 1.54) is 0 Å². The van der Waals surface area contributed by atoms with Crippen LogP contribution in [-0.4, -0.2) is 5.24 Å². The molecule has 0 spiro atoms. The normalized spacial score (nSPS) is 10.1. The number of rotatable bonds is 2. The summed E-state index contributed by atoms with van der Waals surface area (Å²) in [5, 5.41) is -0.446. The van der Waals surface area contributed by atoms with E-state index in [-0.39, 0.29) is 0 Å². The van der Waals surface area contributed by atoms with Crippen molar-refractivity contribution >= 4 is 16.8 Å². The number of aryl methyl sites for hydroxylation is 2. The van der Waals surface area contributed by atoms with E-state index in [4.69, 9.17) is 16.0 Å². The van der Waals surface area contributed by atoms with Crippen LogP contribution in [0.4, 0.5) is 0 Å². The number of halogens is 1. The molecule has 2 nitrogen and oxygen atoms in total.